The second-order valence-corrected chi connectivity index (χ2v) is 8.55. The first kappa shape index (κ1) is 21.2. The Balaban J connectivity index is 1.94. The van der Waals surface area contributed by atoms with E-state index in [4.69, 9.17) is 16.6 Å². The number of aliphatic imine (C=N–C) groups is 1. The lowest BCUT2D eigenvalue weighted by atomic mass is 9.86. The van der Waals surface area contributed by atoms with E-state index in [0.717, 1.165) is 55.8 Å². The van der Waals surface area contributed by atoms with E-state index in [2.05, 4.69) is 30.1 Å². The van der Waals surface area contributed by atoms with Crippen LogP contribution in [0.3, 0.4) is 0 Å². The normalized spacial score (nSPS) is 24.4. The van der Waals surface area contributed by atoms with Crippen LogP contribution in [0, 0.1) is 11.8 Å². The van der Waals surface area contributed by atoms with E-state index in [9.17, 15) is 13.2 Å². The van der Waals surface area contributed by atoms with Gasteiger partial charge in [-0.1, -0.05) is 37.1 Å². The van der Waals surface area contributed by atoms with Gasteiger partial charge in [-0.3, -0.25) is 0 Å². The summed E-state index contributed by atoms with van der Waals surface area (Å²) in [5, 5.41) is 3.01. The van der Waals surface area contributed by atoms with E-state index >= 15 is 0 Å². The largest absolute Gasteiger partial charge is 0.417 e. The Labute approximate surface area is 180 Å². The first-order valence-corrected chi connectivity index (χ1v) is 10.7. The van der Waals surface area contributed by atoms with Crippen molar-refractivity contribution in [3.05, 3.63) is 46.3 Å². The molecule has 0 bridgehead atoms. The molecule has 0 radical (unpaired) electrons. The van der Waals surface area contributed by atoms with Crippen molar-refractivity contribution in [2.24, 2.45) is 16.8 Å². The number of piperazine rings is 1. The van der Waals surface area contributed by atoms with Crippen molar-refractivity contribution in [3.8, 4) is 0 Å². The van der Waals surface area contributed by atoms with Crippen molar-refractivity contribution in [2.45, 2.75) is 33.4 Å². The van der Waals surface area contributed by atoms with Crippen LogP contribution in [0.4, 0.5) is 24.5 Å². The average molecular weight is 439 g/mol. The van der Waals surface area contributed by atoms with E-state index in [0.29, 0.717) is 11.4 Å². The van der Waals surface area contributed by atoms with E-state index in [1.165, 1.54) is 6.07 Å². The highest BCUT2D eigenvalue weighted by molar-refractivity contribution is 6.32. The molecule has 8 heteroatoms. The fourth-order valence-corrected chi connectivity index (χ4v) is 4.61. The standard InChI is InChI=1S/C22H26ClF3N4/c1-4-15-9-20-21(29-7-5-27-6-8-29)28-18-11-17(23)16(22(24,25)26)10-19(18)30(20)12-13(2)14(15)3/h9-12,14-15,27H,4-8H2,1-3H3. The lowest BCUT2D eigenvalue weighted by Gasteiger charge is -2.38. The lowest BCUT2D eigenvalue weighted by molar-refractivity contribution is -0.137. The predicted octanol–water partition coefficient (Wildman–Crippen LogP) is 5.58. The zero-order valence-electron chi connectivity index (χ0n) is 17.4. The summed E-state index contributed by atoms with van der Waals surface area (Å²) >= 11 is 6.02. The Bertz CT molecular complexity index is 929. The minimum absolute atomic E-state index is 0.283. The molecular formula is C22H26ClF3N4. The SMILES string of the molecule is CCC1C=C2C(N3CCNCC3)=Nc3cc(Cl)c(C(F)(F)F)cc3N2C=C(C)C1C. The van der Waals surface area contributed by atoms with Gasteiger partial charge in [-0.2, -0.15) is 13.2 Å². The summed E-state index contributed by atoms with van der Waals surface area (Å²) < 4.78 is 40.7. The molecule has 4 rings (SSSR count). The number of nitrogens with one attached hydrogen (secondary N) is 1. The van der Waals surface area contributed by atoms with Crippen LogP contribution in [0.25, 0.3) is 0 Å². The molecule has 1 N–H and O–H groups in total. The molecule has 0 amide bonds. The van der Waals surface area contributed by atoms with Gasteiger partial charge in [0.05, 0.1) is 27.7 Å². The molecule has 30 heavy (non-hydrogen) atoms. The molecule has 2 unspecified atom stereocenters. The van der Waals surface area contributed by atoms with Crippen LogP contribution >= 0.6 is 11.6 Å². The highest BCUT2D eigenvalue weighted by Crippen LogP contribution is 2.46. The van der Waals surface area contributed by atoms with Gasteiger partial charge in [0.2, 0.25) is 0 Å². The van der Waals surface area contributed by atoms with Crippen LogP contribution in [0.15, 0.2) is 40.7 Å². The lowest BCUT2D eigenvalue weighted by Crippen LogP contribution is -2.49. The minimum atomic E-state index is -4.53. The monoisotopic (exact) mass is 438 g/mol. The molecule has 0 spiro atoms. The zero-order valence-corrected chi connectivity index (χ0v) is 18.1. The number of hydrogen-bond donors (Lipinski definition) is 1. The van der Waals surface area contributed by atoms with Gasteiger partial charge < -0.3 is 15.1 Å². The summed E-state index contributed by atoms with van der Waals surface area (Å²) in [5.41, 5.74) is 2.03. The number of benzene rings is 1. The van der Waals surface area contributed by atoms with Gasteiger partial charge in [-0.25, -0.2) is 4.99 Å². The highest BCUT2D eigenvalue weighted by atomic mass is 35.5. The number of halogens is 4. The second-order valence-electron chi connectivity index (χ2n) is 8.15. The third-order valence-electron chi connectivity index (χ3n) is 6.30. The topological polar surface area (TPSA) is 30.9 Å². The molecule has 1 fully saturated rings. The number of rotatable bonds is 1. The van der Waals surface area contributed by atoms with Crippen molar-refractivity contribution < 1.29 is 13.2 Å². The highest BCUT2D eigenvalue weighted by Gasteiger charge is 2.38. The number of nitrogens with zero attached hydrogens (tertiary/aromatic N) is 3. The maximum absolute atomic E-state index is 13.6. The van der Waals surface area contributed by atoms with Crippen LogP contribution in [-0.2, 0) is 6.18 Å². The van der Waals surface area contributed by atoms with Gasteiger partial charge in [0.25, 0.3) is 0 Å². The zero-order chi connectivity index (χ0) is 21.6. The van der Waals surface area contributed by atoms with Crippen molar-refractivity contribution in [1.29, 1.82) is 0 Å². The van der Waals surface area contributed by atoms with E-state index < -0.39 is 11.7 Å². The summed E-state index contributed by atoms with van der Waals surface area (Å²) in [7, 11) is 0. The quantitative estimate of drug-likeness (QED) is 0.621. The Morgan fingerprint density at radius 2 is 1.93 bits per heavy atom. The molecule has 0 aromatic heterocycles. The summed E-state index contributed by atoms with van der Waals surface area (Å²) in [6, 6.07) is 2.47. The third kappa shape index (κ3) is 3.73. The number of hydrogen-bond acceptors (Lipinski definition) is 4. The Morgan fingerprint density at radius 3 is 2.57 bits per heavy atom. The number of amidine groups is 1. The van der Waals surface area contributed by atoms with Gasteiger partial charge in [0.15, 0.2) is 5.84 Å². The van der Waals surface area contributed by atoms with Gasteiger partial charge >= 0.3 is 6.18 Å². The minimum Gasteiger partial charge on any atom is -0.352 e. The van der Waals surface area contributed by atoms with Crippen molar-refractivity contribution in [2.75, 3.05) is 31.1 Å². The number of alkyl halides is 3. The van der Waals surface area contributed by atoms with Crippen molar-refractivity contribution in [3.63, 3.8) is 0 Å². The molecule has 3 heterocycles. The average Bonchev–Trinajstić information content (AvgIpc) is 2.83. The number of fused-ring (bicyclic) bond motifs is 3. The Morgan fingerprint density at radius 1 is 1.23 bits per heavy atom. The maximum atomic E-state index is 13.6. The summed E-state index contributed by atoms with van der Waals surface area (Å²) in [5.74, 6) is 1.37. The molecule has 1 aromatic rings. The third-order valence-corrected chi connectivity index (χ3v) is 6.61. The van der Waals surface area contributed by atoms with Crippen LogP contribution in [0.2, 0.25) is 5.02 Å². The fraction of sp³-hybridized carbons (Fsp3) is 0.500. The molecule has 1 saturated heterocycles. The molecule has 2 atom stereocenters. The van der Waals surface area contributed by atoms with Crippen LogP contribution in [-0.4, -0.2) is 36.9 Å². The Hall–Kier alpha value is -1.99. The van der Waals surface area contributed by atoms with Crippen LogP contribution in [0.1, 0.15) is 32.8 Å². The molecule has 3 aliphatic rings. The van der Waals surface area contributed by atoms with E-state index in [-0.39, 0.29) is 16.9 Å². The summed E-state index contributed by atoms with van der Waals surface area (Å²) in [6.07, 6.45) is 0.571. The number of anilines is 1. The Kier molecular flexibility index (Phi) is 5.62. The van der Waals surface area contributed by atoms with Crippen molar-refractivity contribution in [1.82, 2.24) is 10.2 Å². The fourth-order valence-electron chi connectivity index (χ4n) is 4.34. The smallest absolute Gasteiger partial charge is 0.352 e. The molecule has 0 aliphatic carbocycles. The van der Waals surface area contributed by atoms with Crippen LogP contribution in [0.5, 0.6) is 0 Å². The summed E-state index contributed by atoms with van der Waals surface area (Å²) in [4.78, 5) is 8.91. The molecule has 162 valence electrons. The van der Waals surface area contributed by atoms with E-state index in [1.807, 2.05) is 18.0 Å². The molecule has 1 aromatic carbocycles. The molecular weight excluding hydrogens is 413 g/mol. The maximum Gasteiger partial charge on any atom is 0.417 e. The second kappa shape index (κ2) is 7.93. The first-order valence-electron chi connectivity index (χ1n) is 10.4. The first-order chi connectivity index (χ1) is 14.2. The molecule has 4 nitrogen and oxygen atoms in total. The van der Waals surface area contributed by atoms with Gasteiger partial charge in [0, 0.05) is 32.4 Å². The number of allylic oxidation sites excluding steroid dienone is 2. The van der Waals surface area contributed by atoms with Gasteiger partial charge in [-0.15, -0.1) is 0 Å². The molecule has 0 saturated carbocycles. The predicted molar refractivity (Wildman–Crippen MR) is 115 cm³/mol. The van der Waals surface area contributed by atoms with Crippen LogP contribution < -0.4 is 10.2 Å². The molecule has 3 aliphatic heterocycles. The van der Waals surface area contributed by atoms with Gasteiger partial charge in [-0.05, 0) is 37.3 Å². The van der Waals surface area contributed by atoms with Crippen molar-refractivity contribution >= 4 is 28.8 Å². The van der Waals surface area contributed by atoms with Gasteiger partial charge in [0.1, 0.15) is 0 Å². The van der Waals surface area contributed by atoms with E-state index in [1.54, 1.807) is 0 Å². The summed E-state index contributed by atoms with van der Waals surface area (Å²) in [6.45, 7) is 9.62.